The Morgan fingerprint density at radius 3 is 2.59 bits per heavy atom. The van der Waals surface area contributed by atoms with E-state index in [-0.39, 0.29) is 5.97 Å². The monoisotopic (exact) mass is 421 g/mol. The summed E-state index contributed by atoms with van der Waals surface area (Å²) in [6, 6.07) is 20.3. The Morgan fingerprint density at radius 1 is 1.00 bits per heavy atom. The Labute approximate surface area is 166 Å². The van der Waals surface area contributed by atoms with E-state index in [4.69, 9.17) is 4.74 Å². The molecule has 4 aromatic rings. The molecule has 0 fully saturated rings. The lowest BCUT2D eigenvalue weighted by Gasteiger charge is -2.09. The maximum atomic E-state index is 12.8. The maximum absolute atomic E-state index is 12.8. The number of nitrogens with one attached hydrogen (secondary N) is 1. The topological polar surface area (TPSA) is 42.1 Å². The quantitative estimate of drug-likeness (QED) is 0.287. The molecule has 3 nitrogen and oxygen atoms in total. The molecule has 0 amide bonds. The molecule has 136 valence electrons. The number of unbranched alkanes of at least 4 members (excludes halogenated alkanes) is 1. The minimum absolute atomic E-state index is 0.281. The van der Waals surface area contributed by atoms with E-state index >= 15 is 0 Å². The third kappa shape index (κ3) is 3.50. The van der Waals surface area contributed by atoms with Gasteiger partial charge in [0.25, 0.3) is 0 Å². The summed E-state index contributed by atoms with van der Waals surface area (Å²) >= 11 is 3.55. The molecule has 0 atom stereocenters. The van der Waals surface area contributed by atoms with Crippen LogP contribution in [0.4, 0.5) is 0 Å². The van der Waals surface area contributed by atoms with E-state index in [9.17, 15) is 4.79 Å². The lowest BCUT2D eigenvalue weighted by atomic mass is 9.99. The number of H-pyrrole nitrogens is 1. The van der Waals surface area contributed by atoms with Crippen LogP contribution < -0.4 is 0 Å². The van der Waals surface area contributed by atoms with Crippen molar-refractivity contribution in [2.24, 2.45) is 0 Å². The van der Waals surface area contributed by atoms with Crippen molar-refractivity contribution in [1.82, 2.24) is 4.98 Å². The van der Waals surface area contributed by atoms with E-state index in [2.05, 4.69) is 52.1 Å². The number of rotatable bonds is 5. The average Bonchev–Trinajstić information content (AvgIpc) is 3.06. The van der Waals surface area contributed by atoms with E-state index in [1.807, 2.05) is 36.4 Å². The summed E-state index contributed by atoms with van der Waals surface area (Å²) in [5, 5.41) is 2.11. The second-order valence-electron chi connectivity index (χ2n) is 6.62. The van der Waals surface area contributed by atoms with Crippen molar-refractivity contribution in [3.8, 4) is 11.1 Å². The predicted octanol–water partition coefficient (Wildman–Crippen LogP) is 6.71. The molecular weight excluding hydrogens is 402 g/mol. The number of aromatic amines is 1. The summed E-state index contributed by atoms with van der Waals surface area (Å²) in [6.07, 6.45) is 1.86. The first-order chi connectivity index (χ1) is 13.2. The van der Waals surface area contributed by atoms with Gasteiger partial charge in [-0.3, -0.25) is 0 Å². The van der Waals surface area contributed by atoms with Crippen LogP contribution in [0.3, 0.4) is 0 Å². The summed E-state index contributed by atoms with van der Waals surface area (Å²) in [4.78, 5) is 16.2. The fourth-order valence-electron chi connectivity index (χ4n) is 3.32. The van der Waals surface area contributed by atoms with E-state index in [1.165, 1.54) is 0 Å². The normalized spacial score (nSPS) is 11.2. The van der Waals surface area contributed by atoms with Crippen LogP contribution in [0.1, 0.15) is 30.1 Å². The molecule has 0 aliphatic carbocycles. The molecule has 0 bridgehead atoms. The van der Waals surface area contributed by atoms with E-state index in [0.717, 1.165) is 50.2 Å². The first-order valence-corrected chi connectivity index (χ1v) is 9.94. The summed E-state index contributed by atoms with van der Waals surface area (Å²) in [5.41, 5.74) is 4.48. The minimum Gasteiger partial charge on any atom is -0.462 e. The second-order valence-corrected chi connectivity index (χ2v) is 7.53. The number of carbonyl (C=O) groups excluding carboxylic acids is 1. The number of fused-ring (bicyclic) bond motifs is 3. The Morgan fingerprint density at radius 2 is 1.81 bits per heavy atom. The van der Waals surface area contributed by atoms with Crippen molar-refractivity contribution in [3.63, 3.8) is 0 Å². The molecule has 0 aliphatic heterocycles. The largest absolute Gasteiger partial charge is 0.462 e. The van der Waals surface area contributed by atoms with E-state index in [0.29, 0.717) is 12.2 Å². The SMILES string of the molecule is CCCCOC(=O)c1cc(-c2ccccc2)cc2c1[nH]c1ccc(Br)cc12. The lowest BCUT2D eigenvalue weighted by molar-refractivity contribution is 0.0502. The molecule has 1 heterocycles. The molecule has 27 heavy (non-hydrogen) atoms. The maximum Gasteiger partial charge on any atom is 0.340 e. The van der Waals surface area contributed by atoms with Crippen molar-refractivity contribution in [3.05, 3.63) is 70.7 Å². The van der Waals surface area contributed by atoms with Gasteiger partial charge in [0.1, 0.15) is 0 Å². The molecule has 0 radical (unpaired) electrons. The Balaban J connectivity index is 1.93. The van der Waals surface area contributed by atoms with Gasteiger partial charge in [0, 0.05) is 20.8 Å². The van der Waals surface area contributed by atoms with Gasteiger partial charge in [-0.05, 0) is 47.9 Å². The minimum atomic E-state index is -0.281. The standard InChI is InChI=1S/C23H20BrNO2/c1-2-3-11-27-23(26)20-13-16(15-7-5-4-6-8-15)12-19-18-14-17(24)9-10-21(18)25-22(19)20/h4-10,12-14,25H,2-3,11H2,1H3. The first kappa shape index (κ1) is 17.8. The highest BCUT2D eigenvalue weighted by Gasteiger charge is 2.17. The van der Waals surface area contributed by atoms with Gasteiger partial charge in [-0.1, -0.05) is 59.6 Å². The highest BCUT2D eigenvalue weighted by molar-refractivity contribution is 9.10. The fraction of sp³-hybridized carbons (Fsp3) is 0.174. The van der Waals surface area contributed by atoms with E-state index in [1.54, 1.807) is 0 Å². The van der Waals surface area contributed by atoms with Crippen LogP contribution in [0.5, 0.6) is 0 Å². The summed E-state index contributed by atoms with van der Waals surface area (Å²) in [6.45, 7) is 2.52. The summed E-state index contributed by atoms with van der Waals surface area (Å²) < 4.78 is 6.53. The number of aromatic nitrogens is 1. The Kier molecular flexibility index (Phi) is 4.99. The Bertz CT molecular complexity index is 1120. The third-order valence-electron chi connectivity index (χ3n) is 4.73. The second kappa shape index (κ2) is 7.57. The van der Waals surface area contributed by atoms with Crippen LogP contribution in [-0.2, 0) is 4.74 Å². The Hall–Kier alpha value is -2.59. The van der Waals surface area contributed by atoms with Gasteiger partial charge in [0.15, 0.2) is 0 Å². The van der Waals surface area contributed by atoms with Gasteiger partial charge in [-0.2, -0.15) is 0 Å². The van der Waals surface area contributed by atoms with Crippen LogP contribution in [0.2, 0.25) is 0 Å². The highest BCUT2D eigenvalue weighted by Crippen LogP contribution is 2.34. The molecule has 0 saturated heterocycles. The lowest BCUT2D eigenvalue weighted by Crippen LogP contribution is -2.07. The van der Waals surface area contributed by atoms with Gasteiger partial charge < -0.3 is 9.72 Å². The number of esters is 1. The van der Waals surface area contributed by atoms with E-state index < -0.39 is 0 Å². The van der Waals surface area contributed by atoms with Gasteiger partial charge in [0.2, 0.25) is 0 Å². The zero-order valence-electron chi connectivity index (χ0n) is 15.1. The van der Waals surface area contributed by atoms with Crippen molar-refractivity contribution in [2.45, 2.75) is 19.8 Å². The van der Waals surface area contributed by atoms with Crippen LogP contribution in [-0.4, -0.2) is 17.6 Å². The number of ether oxygens (including phenoxy) is 1. The summed E-state index contributed by atoms with van der Waals surface area (Å²) in [5.74, 6) is -0.281. The fourth-order valence-corrected chi connectivity index (χ4v) is 3.68. The molecule has 3 aromatic carbocycles. The van der Waals surface area contributed by atoms with Gasteiger partial charge in [-0.15, -0.1) is 0 Å². The molecule has 1 N–H and O–H groups in total. The molecule has 0 saturated carbocycles. The molecule has 0 spiro atoms. The van der Waals surface area contributed by atoms with Crippen LogP contribution in [0.15, 0.2) is 65.1 Å². The predicted molar refractivity (Wildman–Crippen MR) is 114 cm³/mol. The zero-order valence-corrected chi connectivity index (χ0v) is 16.7. The third-order valence-corrected chi connectivity index (χ3v) is 5.22. The number of carbonyl (C=O) groups is 1. The summed E-state index contributed by atoms with van der Waals surface area (Å²) in [7, 11) is 0. The number of hydrogen-bond donors (Lipinski definition) is 1. The van der Waals surface area contributed by atoms with Gasteiger partial charge >= 0.3 is 5.97 Å². The van der Waals surface area contributed by atoms with Crippen LogP contribution >= 0.6 is 15.9 Å². The molecule has 1 aromatic heterocycles. The highest BCUT2D eigenvalue weighted by atomic mass is 79.9. The van der Waals surface area contributed by atoms with Gasteiger partial charge in [0.05, 0.1) is 17.7 Å². The number of hydrogen-bond acceptors (Lipinski definition) is 2. The van der Waals surface area contributed by atoms with Crippen molar-refractivity contribution < 1.29 is 9.53 Å². The molecule has 4 heteroatoms. The van der Waals surface area contributed by atoms with Crippen molar-refractivity contribution in [2.75, 3.05) is 6.61 Å². The average molecular weight is 422 g/mol. The molecule has 0 aliphatic rings. The zero-order chi connectivity index (χ0) is 18.8. The smallest absolute Gasteiger partial charge is 0.340 e. The van der Waals surface area contributed by atoms with Crippen LogP contribution in [0, 0.1) is 0 Å². The molecular formula is C23H20BrNO2. The first-order valence-electron chi connectivity index (χ1n) is 9.15. The number of halogens is 1. The van der Waals surface area contributed by atoms with Crippen molar-refractivity contribution >= 4 is 43.7 Å². The molecule has 0 unspecified atom stereocenters. The molecule has 4 rings (SSSR count). The van der Waals surface area contributed by atoms with Crippen molar-refractivity contribution in [1.29, 1.82) is 0 Å². The number of benzene rings is 3. The van der Waals surface area contributed by atoms with Gasteiger partial charge in [-0.25, -0.2) is 4.79 Å². The van der Waals surface area contributed by atoms with Crippen LogP contribution in [0.25, 0.3) is 32.9 Å².